The molecule has 0 radical (unpaired) electrons. The Morgan fingerprint density at radius 2 is 1.03 bits per heavy atom. The van der Waals surface area contributed by atoms with Crippen molar-refractivity contribution in [3.8, 4) is 0 Å². The van der Waals surface area contributed by atoms with E-state index in [9.17, 15) is 14.4 Å². The molecule has 0 saturated carbocycles. The van der Waals surface area contributed by atoms with Crippen molar-refractivity contribution in [2.75, 3.05) is 10.6 Å². The van der Waals surface area contributed by atoms with Gasteiger partial charge in [-0.2, -0.15) is 0 Å². The molecule has 6 nitrogen and oxygen atoms in total. The van der Waals surface area contributed by atoms with Gasteiger partial charge in [0.05, 0.1) is 5.70 Å². The van der Waals surface area contributed by atoms with Crippen molar-refractivity contribution in [1.29, 1.82) is 0 Å². The van der Waals surface area contributed by atoms with E-state index in [-0.39, 0.29) is 16.7 Å². The van der Waals surface area contributed by atoms with Gasteiger partial charge in [-0.3, -0.25) is 14.4 Å². The van der Waals surface area contributed by atoms with Crippen LogP contribution in [0, 0.1) is 0 Å². The summed E-state index contributed by atoms with van der Waals surface area (Å²) in [6.45, 7) is 0. The van der Waals surface area contributed by atoms with E-state index in [0.717, 1.165) is 0 Å². The topological polar surface area (TPSA) is 87.3 Å². The molecule has 0 aliphatic heterocycles. The Morgan fingerprint density at radius 3 is 1.45 bits per heavy atom. The number of hydrogen-bond acceptors (Lipinski definition) is 3. The Bertz CT molecular complexity index is 1270. The fraction of sp³-hybridized carbons (Fsp3) is 0. The maximum Gasteiger partial charge on any atom is 0.255 e. The molecule has 4 rings (SSSR count). The molecule has 0 bridgehead atoms. The highest BCUT2D eigenvalue weighted by atomic mass is 16.2. The predicted octanol–water partition coefficient (Wildman–Crippen LogP) is 4.68. The summed E-state index contributed by atoms with van der Waals surface area (Å²) in [5, 5.41) is 8.29. The van der Waals surface area contributed by atoms with Crippen LogP contribution in [0.15, 0.2) is 114 Å². The molecule has 3 amide bonds. The highest BCUT2D eigenvalue weighted by Crippen LogP contribution is 2.16. The maximum absolute atomic E-state index is 12.9. The van der Waals surface area contributed by atoms with Crippen molar-refractivity contribution in [1.82, 2.24) is 5.32 Å². The molecular formula is C27H19N3O3. The zero-order valence-electron chi connectivity index (χ0n) is 17.5. The average molecular weight is 433 g/mol. The second kappa shape index (κ2) is 9.94. The summed E-state index contributed by atoms with van der Waals surface area (Å²) in [5.74, 6) is -1.34. The zero-order chi connectivity index (χ0) is 23.0. The first-order valence-electron chi connectivity index (χ1n) is 10.2. The first-order valence-corrected chi connectivity index (χ1v) is 10.2. The number of carbonyl (C=O) groups is 3. The fourth-order valence-electron chi connectivity index (χ4n) is 3.10. The van der Waals surface area contributed by atoms with Gasteiger partial charge in [-0.05, 0) is 54.6 Å². The Hall–Kier alpha value is -4.89. The lowest BCUT2D eigenvalue weighted by atomic mass is 10.0. The third-order valence-electron chi connectivity index (χ3n) is 4.70. The summed E-state index contributed by atoms with van der Waals surface area (Å²) >= 11 is 0. The number of amides is 3. The van der Waals surface area contributed by atoms with E-state index in [1.54, 1.807) is 66.8 Å². The van der Waals surface area contributed by atoms with Crippen LogP contribution in [0.3, 0.4) is 0 Å². The average Bonchev–Trinajstić information content (AvgIpc) is 2.85. The van der Waals surface area contributed by atoms with E-state index in [4.69, 9.17) is 0 Å². The van der Waals surface area contributed by atoms with Gasteiger partial charge in [0.1, 0.15) is 0 Å². The van der Waals surface area contributed by atoms with Crippen molar-refractivity contribution in [2.45, 2.75) is 0 Å². The fourth-order valence-corrected chi connectivity index (χ4v) is 3.10. The summed E-state index contributed by atoms with van der Waals surface area (Å²) in [6, 6.07) is 22.2. The van der Waals surface area contributed by atoms with Gasteiger partial charge in [-0.25, -0.2) is 0 Å². The van der Waals surface area contributed by atoms with Crippen LogP contribution in [0.1, 0.15) is 31.1 Å². The van der Waals surface area contributed by atoms with Crippen LogP contribution in [0.2, 0.25) is 0 Å². The minimum Gasteiger partial charge on any atom is -0.322 e. The maximum atomic E-state index is 12.9. The number of hydrogen-bond donors (Lipinski definition) is 3. The van der Waals surface area contributed by atoms with Crippen LogP contribution < -0.4 is 16.0 Å². The van der Waals surface area contributed by atoms with Gasteiger partial charge in [0.15, 0.2) is 0 Å². The number of rotatable bonds is 6. The van der Waals surface area contributed by atoms with Gasteiger partial charge in [-0.15, -0.1) is 0 Å². The molecule has 0 aromatic heterocycles. The van der Waals surface area contributed by atoms with E-state index in [1.807, 2.05) is 12.1 Å². The predicted molar refractivity (Wildman–Crippen MR) is 127 cm³/mol. The Morgan fingerprint density at radius 1 is 0.576 bits per heavy atom. The van der Waals surface area contributed by atoms with Crippen LogP contribution in [0.25, 0.3) is 0 Å². The van der Waals surface area contributed by atoms with E-state index in [1.165, 1.54) is 18.2 Å². The van der Waals surface area contributed by atoms with Crippen LogP contribution in [0.5, 0.6) is 0 Å². The van der Waals surface area contributed by atoms with Gasteiger partial charge in [0.25, 0.3) is 17.7 Å². The second-order valence-electron chi connectivity index (χ2n) is 7.12. The molecule has 0 unspecified atom stereocenters. The quantitative estimate of drug-likeness (QED) is 0.493. The zero-order valence-corrected chi connectivity index (χ0v) is 17.5. The van der Waals surface area contributed by atoms with Gasteiger partial charge < -0.3 is 16.0 Å². The molecular weight excluding hydrogens is 414 g/mol. The third kappa shape index (κ3) is 5.63. The van der Waals surface area contributed by atoms with Crippen molar-refractivity contribution < 1.29 is 14.4 Å². The van der Waals surface area contributed by atoms with E-state index in [0.29, 0.717) is 17.1 Å². The second-order valence-corrected chi connectivity index (χ2v) is 7.12. The van der Waals surface area contributed by atoms with Crippen LogP contribution in [-0.4, -0.2) is 17.7 Å². The number of allylic oxidation sites excluding steroid dienone is 3. The van der Waals surface area contributed by atoms with E-state index < -0.39 is 17.7 Å². The molecule has 3 aromatic rings. The van der Waals surface area contributed by atoms with E-state index in [2.05, 4.69) is 27.4 Å². The lowest BCUT2D eigenvalue weighted by molar-refractivity contribution is 0.0967. The Labute approximate surface area is 190 Å². The molecule has 0 atom stereocenters. The first-order chi connectivity index (χ1) is 16.1. The van der Waals surface area contributed by atoms with Gasteiger partial charge in [-0.1, -0.05) is 47.9 Å². The monoisotopic (exact) mass is 433 g/mol. The lowest BCUT2D eigenvalue weighted by Crippen LogP contribution is -2.24. The Kier molecular flexibility index (Phi) is 6.43. The summed E-state index contributed by atoms with van der Waals surface area (Å²) in [6.07, 6.45) is 4.87. The van der Waals surface area contributed by atoms with Crippen LogP contribution in [0.4, 0.5) is 11.4 Å². The van der Waals surface area contributed by atoms with Crippen molar-refractivity contribution in [3.05, 3.63) is 131 Å². The molecule has 3 N–H and O–H groups in total. The molecule has 6 heteroatoms. The minimum atomic E-state index is -0.460. The Balaban J connectivity index is 1.64. The molecule has 33 heavy (non-hydrogen) atoms. The molecule has 0 saturated heterocycles. The van der Waals surface area contributed by atoms with Crippen LogP contribution >= 0.6 is 0 Å². The standard InChI is InChI=1S/C27H19N3O3/c31-25(28-22-10-4-1-5-11-22)19-16-20(26(32)29-23-12-6-2-7-13-23)18-21(17-19)27(33)30-24-14-8-3-9-15-24/h1-2,4-8,10-18H,(H,28,31)(H,29,32)(H,30,33). The highest BCUT2D eigenvalue weighted by molar-refractivity contribution is 6.11. The molecule has 0 fully saturated rings. The van der Waals surface area contributed by atoms with Crippen molar-refractivity contribution >= 4 is 29.1 Å². The van der Waals surface area contributed by atoms with Crippen LogP contribution in [-0.2, 0) is 0 Å². The molecule has 0 heterocycles. The third-order valence-corrected chi connectivity index (χ3v) is 4.70. The number of benzene rings is 3. The van der Waals surface area contributed by atoms with Crippen molar-refractivity contribution in [2.24, 2.45) is 0 Å². The summed E-state index contributed by atoms with van der Waals surface area (Å²) < 4.78 is 0. The summed E-state index contributed by atoms with van der Waals surface area (Å²) in [5.41, 5.74) is 7.77. The molecule has 1 aliphatic rings. The normalized spacial score (nSPS) is 11.5. The summed E-state index contributed by atoms with van der Waals surface area (Å²) in [7, 11) is 0. The largest absolute Gasteiger partial charge is 0.322 e. The molecule has 1 aliphatic carbocycles. The van der Waals surface area contributed by atoms with E-state index >= 15 is 0 Å². The number of nitrogens with one attached hydrogen (secondary N) is 3. The smallest absolute Gasteiger partial charge is 0.255 e. The minimum absolute atomic E-state index is 0.168. The highest BCUT2D eigenvalue weighted by Gasteiger charge is 2.17. The van der Waals surface area contributed by atoms with Gasteiger partial charge in [0, 0.05) is 34.1 Å². The number of carbonyl (C=O) groups excluding carboxylic acids is 3. The van der Waals surface area contributed by atoms with Crippen molar-refractivity contribution in [3.63, 3.8) is 0 Å². The molecule has 160 valence electrons. The SMILES string of the molecule is O=C(NC1=CC=C=C=C1)c1cc(C(=O)Nc2ccccc2)cc(C(=O)Nc2ccccc2)c1. The number of anilines is 2. The first kappa shape index (κ1) is 21.3. The number of para-hydroxylation sites is 2. The molecule has 3 aromatic carbocycles. The van der Waals surface area contributed by atoms with Gasteiger partial charge >= 0.3 is 0 Å². The van der Waals surface area contributed by atoms with Gasteiger partial charge in [0.2, 0.25) is 0 Å². The summed E-state index contributed by atoms with van der Waals surface area (Å²) in [4.78, 5) is 38.7. The lowest BCUT2D eigenvalue weighted by Gasteiger charge is -2.12. The molecule has 0 spiro atoms.